The molecule has 3 aromatic heterocycles. The summed E-state index contributed by atoms with van der Waals surface area (Å²) in [4.78, 5) is 45.0. The van der Waals surface area contributed by atoms with E-state index in [2.05, 4.69) is 25.6 Å². The summed E-state index contributed by atoms with van der Waals surface area (Å²) in [5.41, 5.74) is 16.7. The molecule has 46 heavy (non-hydrogen) atoms. The number of ether oxygens (including phenoxy) is 1. The van der Waals surface area contributed by atoms with Gasteiger partial charge in [-0.05, 0) is 69.3 Å². The topological polar surface area (TPSA) is 213 Å². The molecule has 4 aromatic rings. The minimum absolute atomic E-state index is 0.0221. The Labute approximate surface area is 260 Å². The van der Waals surface area contributed by atoms with Crippen LogP contribution in [0.15, 0.2) is 79.3 Å². The molecule has 0 radical (unpaired) electrons. The van der Waals surface area contributed by atoms with Crippen molar-refractivity contribution in [1.29, 1.82) is 0 Å². The third kappa shape index (κ3) is 13.5. The largest absolute Gasteiger partial charge is 0.471 e. The highest BCUT2D eigenvalue weighted by molar-refractivity contribution is 6.04. The molecule has 0 bridgehead atoms. The van der Waals surface area contributed by atoms with E-state index in [4.69, 9.17) is 21.9 Å². The second-order valence-electron chi connectivity index (χ2n) is 9.94. The van der Waals surface area contributed by atoms with Crippen molar-refractivity contribution in [1.82, 2.24) is 15.0 Å². The minimum atomic E-state index is -4.99. The van der Waals surface area contributed by atoms with Crippen LogP contribution in [0.3, 0.4) is 0 Å². The van der Waals surface area contributed by atoms with Crippen molar-refractivity contribution in [3.05, 3.63) is 90.6 Å². The average molecular weight is 646 g/mol. The summed E-state index contributed by atoms with van der Waals surface area (Å²) in [6, 6.07) is 14.7. The van der Waals surface area contributed by atoms with Crippen LogP contribution < -0.4 is 33.2 Å². The van der Waals surface area contributed by atoms with E-state index >= 15 is 0 Å². The normalized spacial score (nSPS) is 10.6. The lowest BCUT2D eigenvalue weighted by Gasteiger charge is -2.19. The number of hydrogen-bond donors (Lipinski definition) is 6. The number of halogens is 4. The predicted octanol–water partition coefficient (Wildman–Crippen LogP) is 5.23. The van der Waals surface area contributed by atoms with Gasteiger partial charge >= 0.3 is 18.2 Å². The van der Waals surface area contributed by atoms with Crippen molar-refractivity contribution in [3.63, 3.8) is 0 Å². The second-order valence-corrected chi connectivity index (χ2v) is 9.94. The van der Waals surface area contributed by atoms with Crippen LogP contribution in [0.1, 0.15) is 31.1 Å². The summed E-state index contributed by atoms with van der Waals surface area (Å²) in [5, 5.41) is 6.41. The molecular formula is C29H31F4N9O4. The SMILES string of the molecule is CC(C)(C)OC(=O)Nc1ccc(NC(=O)C(F)(F)F)nc1.Nc1ccc(N)nc1.Nc1ccc(NC(=O)c2ccccc2F)nc1. The molecule has 9 N–H and O–H groups in total. The fourth-order valence-corrected chi connectivity index (χ4v) is 2.88. The molecule has 1 aromatic carbocycles. The van der Waals surface area contributed by atoms with Crippen molar-refractivity contribution in [2.75, 3.05) is 33.2 Å². The lowest BCUT2D eigenvalue weighted by Crippen LogP contribution is -2.30. The van der Waals surface area contributed by atoms with Crippen molar-refractivity contribution >= 4 is 52.4 Å². The first-order valence-electron chi connectivity index (χ1n) is 13.0. The van der Waals surface area contributed by atoms with Gasteiger partial charge in [-0.3, -0.25) is 14.9 Å². The fraction of sp³-hybridized carbons (Fsp3) is 0.172. The summed E-state index contributed by atoms with van der Waals surface area (Å²) in [6.07, 6.45) is -1.69. The summed E-state index contributed by atoms with van der Waals surface area (Å²) < 4.78 is 54.4. The van der Waals surface area contributed by atoms with Crippen LogP contribution in [0.4, 0.5) is 56.9 Å². The maximum Gasteiger partial charge on any atom is 0.471 e. The number of carbonyl (C=O) groups is 3. The summed E-state index contributed by atoms with van der Waals surface area (Å²) in [7, 11) is 0. The molecule has 13 nitrogen and oxygen atoms in total. The highest BCUT2D eigenvalue weighted by atomic mass is 19.4. The number of hydrogen-bond acceptors (Lipinski definition) is 10. The highest BCUT2D eigenvalue weighted by Crippen LogP contribution is 2.18. The lowest BCUT2D eigenvalue weighted by atomic mass is 10.2. The van der Waals surface area contributed by atoms with Crippen LogP contribution in [0.5, 0.6) is 0 Å². The Morgan fingerprint density at radius 3 is 1.76 bits per heavy atom. The number of rotatable bonds is 4. The maximum atomic E-state index is 13.3. The number of pyridine rings is 3. The molecule has 0 atom stereocenters. The molecule has 0 spiro atoms. The standard InChI is InChI=1S/C12H14F3N3O3.C12H10FN3O.C5H7N3/c1-11(2,3)21-10(20)17-7-4-5-8(16-6-7)18-9(19)12(13,14)15;13-10-4-2-1-3-9(10)12(17)16-11-6-5-8(14)7-15-11;6-4-1-2-5(7)8-3-4/h4-6H,1-3H3,(H,17,20)(H,16,18,19);1-7H,14H2,(H,15,16,17);1-3H,6H2,(H2,7,8). The smallest absolute Gasteiger partial charge is 0.444 e. The molecule has 244 valence electrons. The zero-order chi connectivity index (χ0) is 34.5. The van der Waals surface area contributed by atoms with Crippen LogP contribution in [0, 0.1) is 5.82 Å². The Balaban J connectivity index is 0.000000262. The van der Waals surface area contributed by atoms with E-state index in [0.717, 1.165) is 12.3 Å². The van der Waals surface area contributed by atoms with Gasteiger partial charge in [0.05, 0.1) is 41.2 Å². The zero-order valence-electron chi connectivity index (χ0n) is 24.7. The van der Waals surface area contributed by atoms with Gasteiger partial charge in [0.25, 0.3) is 5.91 Å². The molecule has 0 aliphatic heterocycles. The Morgan fingerprint density at radius 2 is 1.28 bits per heavy atom. The quantitative estimate of drug-likeness (QED) is 0.159. The molecular weight excluding hydrogens is 614 g/mol. The summed E-state index contributed by atoms with van der Waals surface area (Å²) >= 11 is 0. The molecule has 0 unspecified atom stereocenters. The van der Waals surface area contributed by atoms with E-state index in [1.165, 1.54) is 36.7 Å². The first-order valence-corrected chi connectivity index (χ1v) is 13.0. The third-order valence-corrected chi connectivity index (χ3v) is 4.86. The minimum Gasteiger partial charge on any atom is -0.444 e. The first kappa shape index (κ1) is 36.2. The van der Waals surface area contributed by atoms with Gasteiger partial charge in [0.15, 0.2) is 0 Å². The highest BCUT2D eigenvalue weighted by Gasteiger charge is 2.38. The number of nitrogens with one attached hydrogen (secondary N) is 3. The van der Waals surface area contributed by atoms with Crippen molar-refractivity contribution in [3.8, 4) is 0 Å². The predicted molar refractivity (Wildman–Crippen MR) is 165 cm³/mol. The second kappa shape index (κ2) is 16.2. The van der Waals surface area contributed by atoms with E-state index in [1.54, 1.807) is 56.4 Å². The molecule has 0 aliphatic carbocycles. The number of alkyl halides is 3. The van der Waals surface area contributed by atoms with Gasteiger partial charge < -0.3 is 32.6 Å². The van der Waals surface area contributed by atoms with Crippen LogP contribution in [0.25, 0.3) is 0 Å². The number of amides is 3. The number of nitrogens with zero attached hydrogens (tertiary/aromatic N) is 3. The van der Waals surface area contributed by atoms with Crippen LogP contribution in [-0.2, 0) is 9.53 Å². The molecule has 17 heteroatoms. The van der Waals surface area contributed by atoms with E-state index in [9.17, 15) is 31.9 Å². The monoisotopic (exact) mass is 645 g/mol. The van der Waals surface area contributed by atoms with E-state index in [0.29, 0.717) is 23.0 Å². The molecule has 3 heterocycles. The molecule has 0 saturated heterocycles. The summed E-state index contributed by atoms with van der Waals surface area (Å²) in [5.74, 6) is -2.69. The van der Waals surface area contributed by atoms with Gasteiger partial charge in [-0.15, -0.1) is 0 Å². The number of carbonyl (C=O) groups excluding carboxylic acids is 3. The number of benzene rings is 1. The third-order valence-electron chi connectivity index (χ3n) is 4.86. The molecule has 0 fully saturated rings. The average Bonchev–Trinajstić information content (AvgIpc) is 2.96. The van der Waals surface area contributed by atoms with Gasteiger partial charge in [-0.25, -0.2) is 24.1 Å². The first-order chi connectivity index (χ1) is 21.4. The fourth-order valence-electron chi connectivity index (χ4n) is 2.88. The van der Waals surface area contributed by atoms with E-state index < -0.39 is 35.5 Å². The molecule has 0 saturated carbocycles. The number of anilines is 6. The van der Waals surface area contributed by atoms with Crippen LogP contribution in [0.2, 0.25) is 0 Å². The van der Waals surface area contributed by atoms with E-state index in [1.807, 2.05) is 0 Å². The maximum absolute atomic E-state index is 13.3. The molecule has 4 rings (SSSR count). The van der Waals surface area contributed by atoms with Crippen LogP contribution >= 0.6 is 0 Å². The Morgan fingerprint density at radius 1 is 0.717 bits per heavy atom. The van der Waals surface area contributed by atoms with Gasteiger partial charge in [-0.2, -0.15) is 13.2 Å². The van der Waals surface area contributed by atoms with Crippen molar-refractivity contribution in [2.45, 2.75) is 32.5 Å². The van der Waals surface area contributed by atoms with Gasteiger partial charge in [0.2, 0.25) is 0 Å². The number of nitrogens with two attached hydrogens (primary N) is 3. The van der Waals surface area contributed by atoms with Gasteiger partial charge in [0.1, 0.15) is 28.9 Å². The van der Waals surface area contributed by atoms with Crippen molar-refractivity contribution in [2.24, 2.45) is 0 Å². The number of aromatic nitrogens is 3. The zero-order valence-corrected chi connectivity index (χ0v) is 24.7. The molecule has 0 aliphatic rings. The lowest BCUT2D eigenvalue weighted by molar-refractivity contribution is -0.167. The van der Waals surface area contributed by atoms with E-state index in [-0.39, 0.29) is 17.1 Å². The Hall–Kier alpha value is -6.00. The summed E-state index contributed by atoms with van der Waals surface area (Å²) in [6.45, 7) is 5.04. The Kier molecular flexibility index (Phi) is 12.7. The van der Waals surface area contributed by atoms with Crippen molar-refractivity contribution < 1.29 is 36.7 Å². The Bertz CT molecular complexity index is 1570. The number of nitrogen functional groups attached to an aromatic ring is 3. The van der Waals surface area contributed by atoms with Gasteiger partial charge in [0, 0.05) is 0 Å². The van der Waals surface area contributed by atoms with Gasteiger partial charge in [-0.1, -0.05) is 12.1 Å². The molecule has 3 amide bonds. The van der Waals surface area contributed by atoms with Crippen LogP contribution in [-0.4, -0.2) is 44.6 Å².